The molecule has 0 saturated heterocycles. The van der Waals surface area contributed by atoms with Gasteiger partial charge in [-0.2, -0.15) is 0 Å². The molecule has 0 unspecified atom stereocenters. The van der Waals surface area contributed by atoms with Gasteiger partial charge in [0.1, 0.15) is 12.6 Å². The predicted octanol–water partition coefficient (Wildman–Crippen LogP) is 3.82. The number of sulfonamides is 1. The molecule has 8 nitrogen and oxygen atoms in total. The van der Waals surface area contributed by atoms with E-state index in [1.807, 2.05) is 74.5 Å². The highest BCUT2D eigenvalue weighted by Gasteiger charge is 2.33. The maximum absolute atomic E-state index is 14.0. The van der Waals surface area contributed by atoms with Crippen molar-refractivity contribution in [2.75, 3.05) is 17.1 Å². The normalized spacial score (nSPS) is 12.0. The zero-order chi connectivity index (χ0) is 28.6. The molecule has 3 aromatic rings. The Hall–Kier alpha value is -3.98. The fourth-order valence-electron chi connectivity index (χ4n) is 4.21. The quantitative estimate of drug-likeness (QED) is 0.346. The fraction of sp³-hybridized carbons (Fsp3) is 0.300. The van der Waals surface area contributed by atoms with Crippen LogP contribution < -0.4 is 9.62 Å². The molecular formula is C30H35N3O5S. The number of amides is 2. The van der Waals surface area contributed by atoms with E-state index < -0.39 is 28.5 Å². The second-order valence-electron chi connectivity index (χ2n) is 9.75. The lowest BCUT2D eigenvalue weighted by molar-refractivity contribution is -0.140. The van der Waals surface area contributed by atoms with Crippen molar-refractivity contribution < 1.29 is 22.8 Å². The first-order valence-corrected chi connectivity index (χ1v) is 14.6. The SMILES string of the molecule is CC(=O)c1cccc(N(CC(=O)N(Cc2ccccc2)[C@@H](Cc2ccccc2)C(=O)NC(C)C)S(C)(=O)=O)c1. The lowest BCUT2D eigenvalue weighted by Gasteiger charge is -2.34. The summed E-state index contributed by atoms with van der Waals surface area (Å²) in [6.45, 7) is 4.64. The van der Waals surface area contributed by atoms with Crippen LogP contribution in [-0.2, 0) is 32.6 Å². The molecule has 9 heteroatoms. The van der Waals surface area contributed by atoms with E-state index in [1.54, 1.807) is 12.1 Å². The molecule has 2 amide bonds. The van der Waals surface area contributed by atoms with Gasteiger partial charge in [0.05, 0.1) is 11.9 Å². The third-order valence-corrected chi connectivity index (χ3v) is 7.26. The van der Waals surface area contributed by atoms with Gasteiger partial charge in [-0.3, -0.25) is 18.7 Å². The highest BCUT2D eigenvalue weighted by Crippen LogP contribution is 2.22. The molecule has 206 valence electrons. The number of hydrogen-bond acceptors (Lipinski definition) is 5. The number of ketones is 1. The van der Waals surface area contributed by atoms with Crippen LogP contribution in [0.25, 0.3) is 0 Å². The second-order valence-corrected chi connectivity index (χ2v) is 11.7. The molecule has 0 aliphatic heterocycles. The standard InChI is InChI=1S/C30H35N3O5S/c1-22(2)31-30(36)28(18-24-12-7-5-8-13-24)32(20-25-14-9-6-10-15-25)29(35)21-33(39(4,37)38)27-17-11-16-26(19-27)23(3)34/h5-17,19,22,28H,18,20-21H2,1-4H3,(H,31,36)/t28-/m0/s1. The minimum atomic E-state index is -3.91. The molecule has 0 aliphatic carbocycles. The summed E-state index contributed by atoms with van der Waals surface area (Å²) in [5.41, 5.74) is 2.18. The Bertz CT molecular complexity index is 1390. The van der Waals surface area contributed by atoms with Crippen molar-refractivity contribution in [2.45, 2.75) is 45.8 Å². The molecular weight excluding hydrogens is 514 g/mol. The molecule has 3 aromatic carbocycles. The summed E-state index contributed by atoms with van der Waals surface area (Å²) >= 11 is 0. The highest BCUT2D eigenvalue weighted by molar-refractivity contribution is 7.92. The molecule has 0 radical (unpaired) electrons. The number of carbonyl (C=O) groups is 3. The molecule has 0 bridgehead atoms. The first kappa shape index (κ1) is 29.6. The van der Waals surface area contributed by atoms with Gasteiger partial charge in [-0.25, -0.2) is 8.42 Å². The summed E-state index contributed by atoms with van der Waals surface area (Å²) in [7, 11) is -3.91. The van der Waals surface area contributed by atoms with Crippen molar-refractivity contribution in [3.63, 3.8) is 0 Å². The van der Waals surface area contributed by atoms with E-state index >= 15 is 0 Å². The van der Waals surface area contributed by atoms with Crippen molar-refractivity contribution in [3.05, 3.63) is 102 Å². The smallest absolute Gasteiger partial charge is 0.244 e. The summed E-state index contributed by atoms with van der Waals surface area (Å²) in [6.07, 6.45) is 1.26. The summed E-state index contributed by atoms with van der Waals surface area (Å²) in [6, 6.07) is 23.7. The van der Waals surface area contributed by atoms with Crippen molar-refractivity contribution in [1.82, 2.24) is 10.2 Å². The molecule has 0 aliphatic rings. The van der Waals surface area contributed by atoms with Gasteiger partial charge < -0.3 is 10.2 Å². The molecule has 39 heavy (non-hydrogen) atoms. The topological polar surface area (TPSA) is 104 Å². The molecule has 0 heterocycles. The Labute approximate surface area is 230 Å². The van der Waals surface area contributed by atoms with Gasteiger partial charge >= 0.3 is 0 Å². The average Bonchev–Trinajstić information content (AvgIpc) is 2.89. The van der Waals surface area contributed by atoms with Crippen LogP contribution in [0.4, 0.5) is 5.69 Å². The predicted molar refractivity (Wildman–Crippen MR) is 153 cm³/mol. The number of nitrogens with zero attached hydrogens (tertiary/aromatic N) is 2. The van der Waals surface area contributed by atoms with Crippen molar-refractivity contribution in [2.24, 2.45) is 0 Å². The minimum absolute atomic E-state index is 0.105. The maximum Gasteiger partial charge on any atom is 0.244 e. The van der Waals surface area contributed by atoms with Crippen LogP contribution >= 0.6 is 0 Å². The lowest BCUT2D eigenvalue weighted by Crippen LogP contribution is -2.54. The Morgan fingerprint density at radius 1 is 0.846 bits per heavy atom. The molecule has 3 rings (SSSR count). The van der Waals surface area contributed by atoms with Crippen LogP contribution in [0.5, 0.6) is 0 Å². The number of anilines is 1. The fourth-order valence-corrected chi connectivity index (χ4v) is 5.05. The minimum Gasteiger partial charge on any atom is -0.352 e. The zero-order valence-electron chi connectivity index (χ0n) is 22.7. The number of carbonyl (C=O) groups excluding carboxylic acids is 3. The van der Waals surface area contributed by atoms with Crippen molar-refractivity contribution >= 4 is 33.3 Å². The van der Waals surface area contributed by atoms with Gasteiger partial charge in [0.15, 0.2) is 5.78 Å². The van der Waals surface area contributed by atoms with E-state index in [1.165, 1.54) is 24.0 Å². The van der Waals surface area contributed by atoms with E-state index in [2.05, 4.69) is 5.32 Å². The van der Waals surface area contributed by atoms with Gasteiger partial charge in [-0.05, 0) is 44.0 Å². The Kier molecular flexibility index (Phi) is 10.0. The van der Waals surface area contributed by atoms with Gasteiger partial charge in [0, 0.05) is 24.6 Å². The largest absolute Gasteiger partial charge is 0.352 e. The Morgan fingerprint density at radius 3 is 1.97 bits per heavy atom. The van der Waals surface area contributed by atoms with Crippen LogP contribution in [0.3, 0.4) is 0 Å². The monoisotopic (exact) mass is 549 g/mol. The van der Waals surface area contributed by atoms with Crippen LogP contribution in [0.1, 0.15) is 42.3 Å². The first-order valence-electron chi connectivity index (χ1n) is 12.7. The lowest BCUT2D eigenvalue weighted by atomic mass is 10.0. The van der Waals surface area contributed by atoms with E-state index in [9.17, 15) is 22.8 Å². The highest BCUT2D eigenvalue weighted by atomic mass is 32.2. The summed E-state index contributed by atoms with van der Waals surface area (Å²) in [5, 5.41) is 2.92. The molecule has 0 spiro atoms. The third-order valence-electron chi connectivity index (χ3n) is 6.12. The molecule has 0 aromatic heterocycles. The van der Waals surface area contributed by atoms with Crippen LogP contribution in [-0.4, -0.2) is 55.8 Å². The van der Waals surface area contributed by atoms with Gasteiger partial charge in [-0.15, -0.1) is 0 Å². The number of hydrogen-bond donors (Lipinski definition) is 1. The molecule has 1 N–H and O–H groups in total. The van der Waals surface area contributed by atoms with Crippen molar-refractivity contribution in [1.29, 1.82) is 0 Å². The van der Waals surface area contributed by atoms with E-state index in [4.69, 9.17) is 0 Å². The number of Topliss-reactive ketones (excluding diaryl/α,β-unsaturated/α-hetero) is 1. The summed E-state index contributed by atoms with van der Waals surface area (Å²) in [4.78, 5) is 40.9. The van der Waals surface area contributed by atoms with Gasteiger partial charge in [0.2, 0.25) is 21.8 Å². The van der Waals surface area contributed by atoms with E-state index in [-0.39, 0.29) is 36.4 Å². The Morgan fingerprint density at radius 2 is 1.44 bits per heavy atom. The van der Waals surface area contributed by atoms with E-state index in [0.717, 1.165) is 21.7 Å². The first-order chi connectivity index (χ1) is 18.5. The van der Waals surface area contributed by atoms with E-state index in [0.29, 0.717) is 5.56 Å². The molecule has 1 atom stereocenters. The van der Waals surface area contributed by atoms with Gasteiger partial charge in [-0.1, -0.05) is 72.8 Å². The van der Waals surface area contributed by atoms with Crippen LogP contribution in [0.2, 0.25) is 0 Å². The third kappa shape index (κ3) is 8.51. The molecule has 0 saturated carbocycles. The maximum atomic E-state index is 14.0. The number of rotatable bonds is 12. The average molecular weight is 550 g/mol. The summed E-state index contributed by atoms with van der Waals surface area (Å²) < 4.78 is 26.7. The van der Waals surface area contributed by atoms with Crippen molar-refractivity contribution in [3.8, 4) is 0 Å². The number of nitrogens with one attached hydrogen (secondary N) is 1. The van der Waals surface area contributed by atoms with Crippen LogP contribution in [0.15, 0.2) is 84.9 Å². The second kappa shape index (κ2) is 13.2. The number of benzene rings is 3. The summed E-state index contributed by atoms with van der Waals surface area (Å²) in [5.74, 6) is -1.10. The Balaban J connectivity index is 2.05. The zero-order valence-corrected chi connectivity index (χ0v) is 23.5. The van der Waals surface area contributed by atoms with Crippen LogP contribution in [0, 0.1) is 0 Å². The van der Waals surface area contributed by atoms with Gasteiger partial charge in [0.25, 0.3) is 0 Å². The molecule has 0 fully saturated rings.